The molecular weight excluding hydrogens is 372 g/mol. The number of fused-ring (bicyclic) bond motifs is 1. The minimum atomic E-state index is -1.05. The Morgan fingerprint density at radius 3 is 2.55 bits per heavy atom. The number of nitrogens with zero attached hydrogens (tertiary/aromatic N) is 1. The number of benzene rings is 2. The molecule has 1 aliphatic heterocycles. The molecule has 7 nitrogen and oxygen atoms in total. The van der Waals surface area contributed by atoms with Crippen LogP contribution in [0.25, 0.3) is 0 Å². The molecule has 3 rings (SSSR count). The summed E-state index contributed by atoms with van der Waals surface area (Å²) in [6.07, 6.45) is 0.400. The number of rotatable bonds is 6. The summed E-state index contributed by atoms with van der Waals surface area (Å²) < 4.78 is 5.22. The Morgan fingerprint density at radius 1 is 1.14 bits per heavy atom. The zero-order valence-corrected chi connectivity index (χ0v) is 16.1. The molecule has 0 aromatic heterocycles. The van der Waals surface area contributed by atoms with Gasteiger partial charge in [0, 0.05) is 12.2 Å². The van der Waals surface area contributed by atoms with Gasteiger partial charge in [-0.05, 0) is 49.7 Å². The number of carbonyl (C=O) groups is 4. The van der Waals surface area contributed by atoms with Gasteiger partial charge in [-0.25, -0.2) is 4.79 Å². The fraction of sp³-hybridized carbons (Fsp3) is 0.182. The second kappa shape index (κ2) is 8.10. The van der Waals surface area contributed by atoms with Gasteiger partial charge in [-0.1, -0.05) is 18.2 Å². The molecule has 1 unspecified atom stereocenters. The largest absolute Gasteiger partial charge is 0.449 e. The lowest BCUT2D eigenvalue weighted by atomic mass is 10.1. The van der Waals surface area contributed by atoms with Gasteiger partial charge in [0.05, 0.1) is 16.7 Å². The van der Waals surface area contributed by atoms with Crippen molar-refractivity contribution in [2.24, 2.45) is 0 Å². The van der Waals surface area contributed by atoms with E-state index in [2.05, 4.69) is 11.9 Å². The number of imide groups is 1. The van der Waals surface area contributed by atoms with Crippen molar-refractivity contribution in [1.29, 1.82) is 0 Å². The zero-order valence-electron chi connectivity index (χ0n) is 16.1. The highest BCUT2D eigenvalue weighted by molar-refractivity contribution is 6.22. The van der Waals surface area contributed by atoms with Crippen LogP contribution in [0, 0.1) is 6.92 Å². The molecule has 1 aliphatic rings. The summed E-state index contributed by atoms with van der Waals surface area (Å²) in [5.74, 6) is -2.17. The predicted molar refractivity (Wildman–Crippen MR) is 107 cm³/mol. The van der Waals surface area contributed by atoms with Crippen molar-refractivity contribution in [2.75, 3.05) is 11.9 Å². The number of amides is 3. The molecule has 0 fully saturated rings. The number of nitrogens with one attached hydrogen (secondary N) is 1. The quantitative estimate of drug-likeness (QED) is 0.463. The molecule has 29 heavy (non-hydrogen) atoms. The maximum atomic E-state index is 12.4. The van der Waals surface area contributed by atoms with Gasteiger partial charge in [0.1, 0.15) is 0 Å². The predicted octanol–water partition coefficient (Wildman–Crippen LogP) is 2.96. The number of esters is 1. The Kier molecular flexibility index (Phi) is 5.59. The first kappa shape index (κ1) is 20.0. The van der Waals surface area contributed by atoms with Gasteiger partial charge >= 0.3 is 5.97 Å². The second-order valence-corrected chi connectivity index (χ2v) is 6.68. The maximum absolute atomic E-state index is 12.4. The molecule has 7 heteroatoms. The van der Waals surface area contributed by atoms with Crippen molar-refractivity contribution in [1.82, 2.24) is 4.90 Å². The number of ether oxygens (including phenoxy) is 1. The van der Waals surface area contributed by atoms with E-state index < -0.39 is 29.8 Å². The van der Waals surface area contributed by atoms with E-state index in [1.165, 1.54) is 31.2 Å². The number of carbonyl (C=O) groups excluding carboxylic acids is 4. The van der Waals surface area contributed by atoms with Crippen molar-refractivity contribution in [2.45, 2.75) is 20.0 Å². The van der Waals surface area contributed by atoms with Crippen LogP contribution in [0.4, 0.5) is 5.69 Å². The molecule has 148 valence electrons. The minimum absolute atomic E-state index is 0.0839. The van der Waals surface area contributed by atoms with E-state index in [0.717, 1.165) is 10.5 Å². The monoisotopic (exact) mass is 392 g/mol. The Hall–Kier alpha value is -3.74. The van der Waals surface area contributed by atoms with Crippen LogP contribution in [-0.2, 0) is 9.53 Å². The highest BCUT2D eigenvalue weighted by Crippen LogP contribution is 2.24. The van der Waals surface area contributed by atoms with Crippen LogP contribution in [0.2, 0.25) is 0 Å². The number of aryl methyl sites for hydroxylation is 1. The lowest BCUT2D eigenvalue weighted by molar-refractivity contribution is -0.123. The van der Waals surface area contributed by atoms with Crippen LogP contribution < -0.4 is 5.32 Å². The first-order valence-corrected chi connectivity index (χ1v) is 9.01. The standard InChI is InChI=1S/C22H20N2O5/c1-4-10-24-20(26)17-9-8-15(12-18(17)21(24)27)22(28)29-14(3)19(25)23-16-7-5-6-13(2)11-16/h4-9,11-12,14H,1,10H2,2-3H3,(H,23,25). The molecular formula is C22H20N2O5. The summed E-state index contributed by atoms with van der Waals surface area (Å²) in [6, 6.07) is 11.4. The van der Waals surface area contributed by atoms with E-state index in [-0.39, 0.29) is 23.2 Å². The Labute approximate surface area is 168 Å². The van der Waals surface area contributed by atoms with Crippen LogP contribution in [0.1, 0.15) is 43.6 Å². The van der Waals surface area contributed by atoms with E-state index in [1.54, 1.807) is 18.2 Å². The summed E-state index contributed by atoms with van der Waals surface area (Å²) in [6.45, 7) is 6.97. The third kappa shape index (κ3) is 4.08. The van der Waals surface area contributed by atoms with Gasteiger partial charge in [-0.2, -0.15) is 0 Å². The van der Waals surface area contributed by atoms with E-state index >= 15 is 0 Å². The van der Waals surface area contributed by atoms with Gasteiger partial charge in [0.25, 0.3) is 17.7 Å². The maximum Gasteiger partial charge on any atom is 0.338 e. The SMILES string of the molecule is C=CCN1C(=O)c2ccc(C(=O)OC(C)C(=O)Nc3cccc(C)c3)cc2C1=O. The first-order chi connectivity index (χ1) is 13.8. The lowest BCUT2D eigenvalue weighted by Crippen LogP contribution is -2.30. The molecule has 0 saturated carbocycles. The summed E-state index contributed by atoms with van der Waals surface area (Å²) in [5, 5.41) is 2.68. The van der Waals surface area contributed by atoms with Crippen LogP contribution in [-0.4, -0.2) is 41.2 Å². The van der Waals surface area contributed by atoms with Gasteiger partial charge in [-0.15, -0.1) is 6.58 Å². The van der Waals surface area contributed by atoms with Crippen molar-refractivity contribution in [3.8, 4) is 0 Å². The summed E-state index contributed by atoms with van der Waals surface area (Å²) in [4.78, 5) is 50.4. The van der Waals surface area contributed by atoms with Gasteiger partial charge < -0.3 is 10.1 Å². The fourth-order valence-electron chi connectivity index (χ4n) is 2.96. The van der Waals surface area contributed by atoms with Crippen molar-refractivity contribution in [3.05, 3.63) is 77.4 Å². The summed E-state index contributed by atoms with van der Waals surface area (Å²) in [5.41, 5.74) is 2.01. The normalized spacial score (nSPS) is 13.7. The lowest BCUT2D eigenvalue weighted by Gasteiger charge is -2.14. The molecule has 0 saturated heterocycles. The Morgan fingerprint density at radius 2 is 1.86 bits per heavy atom. The van der Waals surface area contributed by atoms with E-state index in [0.29, 0.717) is 5.69 Å². The smallest absolute Gasteiger partial charge is 0.338 e. The molecule has 0 bridgehead atoms. The van der Waals surface area contributed by atoms with Gasteiger partial charge in [0.2, 0.25) is 0 Å². The van der Waals surface area contributed by atoms with E-state index in [1.807, 2.05) is 13.0 Å². The number of anilines is 1. The Balaban J connectivity index is 1.70. The summed E-state index contributed by atoms with van der Waals surface area (Å²) in [7, 11) is 0. The summed E-state index contributed by atoms with van der Waals surface area (Å²) >= 11 is 0. The van der Waals surface area contributed by atoms with Crippen LogP contribution in [0.15, 0.2) is 55.1 Å². The molecule has 3 amide bonds. The topological polar surface area (TPSA) is 92.8 Å². The minimum Gasteiger partial charge on any atom is -0.449 e. The number of hydrogen-bond donors (Lipinski definition) is 1. The van der Waals surface area contributed by atoms with Crippen molar-refractivity contribution in [3.63, 3.8) is 0 Å². The molecule has 0 spiro atoms. The highest BCUT2D eigenvalue weighted by atomic mass is 16.5. The fourth-order valence-corrected chi connectivity index (χ4v) is 2.96. The van der Waals surface area contributed by atoms with Crippen LogP contribution in [0.5, 0.6) is 0 Å². The Bertz CT molecular complexity index is 1030. The van der Waals surface area contributed by atoms with Crippen LogP contribution >= 0.6 is 0 Å². The molecule has 2 aromatic rings. The van der Waals surface area contributed by atoms with Crippen molar-refractivity contribution < 1.29 is 23.9 Å². The number of hydrogen-bond acceptors (Lipinski definition) is 5. The molecule has 0 aliphatic carbocycles. The van der Waals surface area contributed by atoms with Gasteiger partial charge in [0.15, 0.2) is 6.10 Å². The molecule has 1 heterocycles. The van der Waals surface area contributed by atoms with Crippen molar-refractivity contribution >= 4 is 29.4 Å². The zero-order chi connectivity index (χ0) is 21.1. The third-order valence-corrected chi connectivity index (χ3v) is 4.46. The van der Waals surface area contributed by atoms with E-state index in [4.69, 9.17) is 4.74 Å². The van der Waals surface area contributed by atoms with Crippen LogP contribution in [0.3, 0.4) is 0 Å². The molecule has 1 N–H and O–H groups in total. The third-order valence-electron chi connectivity index (χ3n) is 4.46. The average Bonchev–Trinajstić information content (AvgIpc) is 2.92. The molecule has 1 atom stereocenters. The molecule has 2 aromatic carbocycles. The highest BCUT2D eigenvalue weighted by Gasteiger charge is 2.35. The van der Waals surface area contributed by atoms with Gasteiger partial charge in [-0.3, -0.25) is 19.3 Å². The van der Waals surface area contributed by atoms with E-state index in [9.17, 15) is 19.2 Å². The average molecular weight is 392 g/mol. The molecule has 0 radical (unpaired) electrons. The second-order valence-electron chi connectivity index (χ2n) is 6.68. The first-order valence-electron chi connectivity index (χ1n) is 9.01.